The van der Waals surface area contributed by atoms with Gasteiger partial charge in [0.15, 0.2) is 0 Å². The van der Waals surface area contributed by atoms with Gasteiger partial charge >= 0.3 is 0 Å². The number of rotatable bonds is 3. The van der Waals surface area contributed by atoms with E-state index in [1.165, 1.54) is 38.5 Å². The number of hydrogen-bond donors (Lipinski definition) is 0. The first-order chi connectivity index (χ1) is 14.4. The van der Waals surface area contributed by atoms with Gasteiger partial charge < -0.3 is 4.90 Å². The zero-order valence-corrected chi connectivity index (χ0v) is 19.1. The summed E-state index contributed by atoms with van der Waals surface area (Å²) in [4.78, 5) is 15.9. The molecule has 1 saturated heterocycles. The van der Waals surface area contributed by atoms with Crippen LogP contribution in [-0.2, 0) is 4.79 Å². The zero-order chi connectivity index (χ0) is 20.7. The van der Waals surface area contributed by atoms with Gasteiger partial charge in [-0.1, -0.05) is 51.1 Å². The molecule has 6 fully saturated rings. The number of nitrogens with zero attached hydrogens (tertiary/aromatic N) is 1. The topological polar surface area (TPSA) is 20.3 Å². The molecule has 1 aliphatic heterocycles. The van der Waals surface area contributed by atoms with Crippen molar-refractivity contribution < 1.29 is 4.79 Å². The van der Waals surface area contributed by atoms with Crippen LogP contribution >= 0.6 is 0 Å². The first-order valence-electron chi connectivity index (χ1n) is 12.7. The number of likely N-dealkylation sites (tertiary alicyclic amines) is 1. The molecule has 7 unspecified atom stereocenters. The Morgan fingerprint density at radius 2 is 1.80 bits per heavy atom. The first-order valence-corrected chi connectivity index (χ1v) is 12.7. The standard InChI is InChI=1S/C28H39NO/c1-27(2)22-9-10-28(27,3)17-29(16-22)25(30)15-23-20-11-18-12-21(14-20)26(24(23)13-18)19-7-5-4-6-8-19/h4-8,18,20-24,26H,9-17H2,1-3H3/t18?,20?,21?,22?,23?,24?,26?,28-/m1/s1. The molecule has 1 amide bonds. The molecule has 162 valence electrons. The van der Waals surface area contributed by atoms with E-state index < -0.39 is 0 Å². The zero-order valence-electron chi connectivity index (χ0n) is 19.1. The van der Waals surface area contributed by atoms with Crippen molar-refractivity contribution in [1.82, 2.24) is 4.90 Å². The van der Waals surface area contributed by atoms with Gasteiger partial charge in [-0.15, -0.1) is 0 Å². The molecule has 7 rings (SSSR count). The molecular weight excluding hydrogens is 366 g/mol. The molecule has 5 saturated carbocycles. The maximum atomic E-state index is 13.6. The van der Waals surface area contributed by atoms with E-state index >= 15 is 0 Å². The quantitative estimate of drug-likeness (QED) is 0.592. The molecule has 30 heavy (non-hydrogen) atoms. The van der Waals surface area contributed by atoms with E-state index in [2.05, 4.69) is 56.0 Å². The molecule has 6 bridgehead atoms. The lowest BCUT2D eigenvalue weighted by molar-refractivity contribution is -0.145. The Labute approximate surface area is 182 Å². The van der Waals surface area contributed by atoms with Crippen molar-refractivity contribution in [1.29, 1.82) is 0 Å². The summed E-state index contributed by atoms with van der Waals surface area (Å²) in [6, 6.07) is 11.3. The van der Waals surface area contributed by atoms with Crippen molar-refractivity contribution in [3.05, 3.63) is 35.9 Å². The fourth-order valence-corrected chi connectivity index (χ4v) is 9.10. The van der Waals surface area contributed by atoms with Crippen molar-refractivity contribution in [2.75, 3.05) is 13.1 Å². The number of benzene rings is 1. The van der Waals surface area contributed by atoms with Crippen LogP contribution in [0.1, 0.15) is 77.2 Å². The number of piperidine rings is 1. The molecule has 0 spiro atoms. The average molecular weight is 406 g/mol. The Hall–Kier alpha value is -1.31. The molecule has 1 heterocycles. The predicted octanol–water partition coefficient (Wildman–Crippen LogP) is 6.13. The monoisotopic (exact) mass is 405 g/mol. The average Bonchev–Trinajstić information content (AvgIpc) is 2.85. The van der Waals surface area contributed by atoms with Gasteiger partial charge in [0.1, 0.15) is 0 Å². The number of amides is 1. The highest BCUT2D eigenvalue weighted by Crippen LogP contribution is 2.63. The van der Waals surface area contributed by atoms with Crippen molar-refractivity contribution in [2.24, 2.45) is 46.3 Å². The molecule has 2 heteroatoms. The van der Waals surface area contributed by atoms with E-state index in [0.717, 1.165) is 43.2 Å². The van der Waals surface area contributed by atoms with Crippen LogP contribution in [0.4, 0.5) is 0 Å². The minimum Gasteiger partial charge on any atom is -0.342 e. The van der Waals surface area contributed by atoms with E-state index in [1.54, 1.807) is 5.56 Å². The summed E-state index contributed by atoms with van der Waals surface area (Å²) in [6.07, 6.45) is 9.01. The summed E-state index contributed by atoms with van der Waals surface area (Å²) in [5.74, 6) is 5.85. The van der Waals surface area contributed by atoms with Crippen LogP contribution in [0.25, 0.3) is 0 Å². The number of hydrogen-bond acceptors (Lipinski definition) is 1. The first kappa shape index (κ1) is 19.4. The van der Waals surface area contributed by atoms with Gasteiger partial charge in [-0.25, -0.2) is 0 Å². The SMILES string of the molecule is CC1(C)C2CC[C@]1(C)CN(C(=O)CC1C3CC4CC(C3)C(c3ccccc3)C1C4)C2. The Morgan fingerprint density at radius 1 is 1.03 bits per heavy atom. The van der Waals surface area contributed by atoms with Crippen LogP contribution < -0.4 is 0 Å². The number of carbonyl (C=O) groups excluding carboxylic acids is 1. The normalized spacial score (nSPS) is 45.7. The van der Waals surface area contributed by atoms with Gasteiger partial charge in [-0.3, -0.25) is 4.79 Å². The summed E-state index contributed by atoms with van der Waals surface area (Å²) in [5.41, 5.74) is 2.24. The fourth-order valence-electron chi connectivity index (χ4n) is 9.10. The minimum absolute atomic E-state index is 0.308. The van der Waals surface area contributed by atoms with Crippen LogP contribution in [0, 0.1) is 46.3 Å². The predicted molar refractivity (Wildman–Crippen MR) is 121 cm³/mol. The van der Waals surface area contributed by atoms with Gasteiger partial charge in [-0.05, 0) is 96.3 Å². The molecule has 8 atom stereocenters. The summed E-state index contributed by atoms with van der Waals surface area (Å²) in [6.45, 7) is 9.35. The van der Waals surface area contributed by atoms with E-state index in [1.807, 2.05) is 0 Å². The largest absolute Gasteiger partial charge is 0.342 e. The van der Waals surface area contributed by atoms with Gasteiger partial charge in [0.25, 0.3) is 0 Å². The molecule has 2 nitrogen and oxygen atoms in total. The van der Waals surface area contributed by atoms with Crippen LogP contribution in [0.2, 0.25) is 0 Å². The molecule has 1 aromatic carbocycles. The third-order valence-electron chi connectivity index (χ3n) is 11.2. The third-order valence-corrected chi connectivity index (χ3v) is 11.2. The van der Waals surface area contributed by atoms with Gasteiger partial charge in [0, 0.05) is 19.5 Å². The summed E-state index contributed by atoms with van der Waals surface area (Å²) in [5, 5.41) is 0. The van der Waals surface area contributed by atoms with Crippen molar-refractivity contribution in [2.45, 2.75) is 71.6 Å². The van der Waals surface area contributed by atoms with Gasteiger partial charge in [-0.2, -0.15) is 0 Å². The molecule has 0 radical (unpaired) electrons. The maximum Gasteiger partial charge on any atom is 0.222 e. The van der Waals surface area contributed by atoms with E-state index in [0.29, 0.717) is 34.5 Å². The highest BCUT2D eigenvalue weighted by Gasteiger charge is 2.57. The lowest BCUT2D eigenvalue weighted by Gasteiger charge is -2.59. The van der Waals surface area contributed by atoms with Crippen LogP contribution in [0.15, 0.2) is 30.3 Å². The van der Waals surface area contributed by atoms with E-state index in [9.17, 15) is 4.79 Å². The second-order valence-electron chi connectivity index (χ2n) is 12.6. The smallest absolute Gasteiger partial charge is 0.222 e. The summed E-state index contributed by atoms with van der Waals surface area (Å²) >= 11 is 0. The summed E-state index contributed by atoms with van der Waals surface area (Å²) < 4.78 is 0. The third kappa shape index (κ3) is 2.71. The fraction of sp³-hybridized carbons (Fsp3) is 0.750. The van der Waals surface area contributed by atoms with Crippen molar-refractivity contribution >= 4 is 5.91 Å². The maximum absolute atomic E-state index is 13.6. The Bertz CT molecular complexity index is 830. The van der Waals surface area contributed by atoms with Crippen molar-refractivity contribution in [3.8, 4) is 0 Å². The van der Waals surface area contributed by atoms with Crippen LogP contribution in [0.3, 0.4) is 0 Å². The highest BCUT2D eigenvalue weighted by molar-refractivity contribution is 5.77. The number of carbonyl (C=O) groups is 1. The van der Waals surface area contributed by atoms with E-state index in [-0.39, 0.29) is 0 Å². The molecule has 1 aromatic rings. The van der Waals surface area contributed by atoms with Crippen LogP contribution in [0.5, 0.6) is 0 Å². The second kappa shape index (κ2) is 6.59. The molecule has 0 aromatic heterocycles. The molecule has 6 aliphatic rings. The molecule has 5 aliphatic carbocycles. The van der Waals surface area contributed by atoms with E-state index in [4.69, 9.17) is 0 Å². The Morgan fingerprint density at radius 3 is 2.57 bits per heavy atom. The molecular formula is C28H39NO. The minimum atomic E-state index is 0.308. The Kier molecular flexibility index (Phi) is 4.26. The summed E-state index contributed by atoms with van der Waals surface area (Å²) in [7, 11) is 0. The number of fused-ring (bicyclic) bond motifs is 2. The van der Waals surface area contributed by atoms with Gasteiger partial charge in [0.05, 0.1) is 0 Å². The Balaban J connectivity index is 1.22. The lowest BCUT2D eigenvalue weighted by Crippen LogP contribution is -2.55. The lowest BCUT2D eigenvalue weighted by atomic mass is 9.46. The highest BCUT2D eigenvalue weighted by atomic mass is 16.2. The second-order valence-corrected chi connectivity index (χ2v) is 12.6. The molecule has 0 N–H and O–H groups in total. The van der Waals surface area contributed by atoms with Crippen LogP contribution in [-0.4, -0.2) is 23.9 Å². The van der Waals surface area contributed by atoms with Crippen molar-refractivity contribution in [3.63, 3.8) is 0 Å². The van der Waals surface area contributed by atoms with Gasteiger partial charge in [0.2, 0.25) is 5.91 Å².